The van der Waals surface area contributed by atoms with Gasteiger partial charge in [-0.3, -0.25) is 4.79 Å². The van der Waals surface area contributed by atoms with Gasteiger partial charge in [0.1, 0.15) is 0 Å². The fourth-order valence-corrected chi connectivity index (χ4v) is 3.12. The minimum Gasteiger partial charge on any atom is -0.493 e. The third-order valence-corrected chi connectivity index (χ3v) is 4.28. The molecule has 120 valence electrons. The summed E-state index contributed by atoms with van der Waals surface area (Å²) in [7, 11) is 4.78. The molecule has 0 N–H and O–H groups in total. The van der Waals surface area contributed by atoms with E-state index in [1.54, 1.807) is 21.3 Å². The van der Waals surface area contributed by atoms with Crippen LogP contribution in [0.15, 0.2) is 30.3 Å². The highest BCUT2D eigenvalue weighted by atomic mass is 16.5. The van der Waals surface area contributed by atoms with E-state index in [4.69, 9.17) is 14.2 Å². The molecule has 0 fully saturated rings. The SMILES string of the molecule is COc1ccc(-c2ccc3c(c2)C(=O)CCC3)c(OC)c1OC. The minimum atomic E-state index is 0.215. The Hall–Kier alpha value is -2.49. The van der Waals surface area contributed by atoms with Crippen LogP contribution in [0.5, 0.6) is 17.2 Å². The lowest BCUT2D eigenvalue weighted by atomic mass is 9.88. The summed E-state index contributed by atoms with van der Waals surface area (Å²) in [5, 5.41) is 0. The van der Waals surface area contributed by atoms with Gasteiger partial charge >= 0.3 is 0 Å². The Balaban J connectivity index is 2.15. The first-order valence-electron chi connectivity index (χ1n) is 7.65. The van der Waals surface area contributed by atoms with Crippen molar-refractivity contribution in [1.29, 1.82) is 0 Å². The monoisotopic (exact) mass is 312 g/mol. The lowest BCUT2D eigenvalue weighted by Crippen LogP contribution is -2.10. The summed E-state index contributed by atoms with van der Waals surface area (Å²) < 4.78 is 16.3. The van der Waals surface area contributed by atoms with E-state index in [1.807, 2.05) is 30.3 Å². The average Bonchev–Trinajstić information content (AvgIpc) is 2.60. The number of methoxy groups -OCH3 is 3. The Morgan fingerprint density at radius 1 is 0.826 bits per heavy atom. The number of hydrogen-bond acceptors (Lipinski definition) is 4. The molecule has 2 aromatic rings. The van der Waals surface area contributed by atoms with Crippen molar-refractivity contribution in [2.45, 2.75) is 19.3 Å². The molecule has 4 heteroatoms. The van der Waals surface area contributed by atoms with Crippen molar-refractivity contribution < 1.29 is 19.0 Å². The molecule has 0 saturated carbocycles. The lowest BCUT2D eigenvalue weighted by molar-refractivity contribution is 0.0972. The Labute approximate surface area is 136 Å². The molecule has 3 rings (SSSR count). The Kier molecular flexibility index (Phi) is 4.24. The van der Waals surface area contributed by atoms with E-state index in [-0.39, 0.29) is 5.78 Å². The van der Waals surface area contributed by atoms with E-state index in [2.05, 4.69) is 0 Å². The largest absolute Gasteiger partial charge is 0.493 e. The third-order valence-electron chi connectivity index (χ3n) is 4.28. The van der Waals surface area contributed by atoms with Gasteiger partial charge in [-0.15, -0.1) is 0 Å². The maximum absolute atomic E-state index is 12.2. The summed E-state index contributed by atoms with van der Waals surface area (Å²) >= 11 is 0. The number of aryl methyl sites for hydroxylation is 1. The second-order valence-corrected chi connectivity index (χ2v) is 5.53. The highest BCUT2D eigenvalue weighted by molar-refractivity contribution is 5.99. The van der Waals surface area contributed by atoms with E-state index in [9.17, 15) is 4.79 Å². The van der Waals surface area contributed by atoms with Gasteiger partial charge in [-0.25, -0.2) is 0 Å². The molecular weight excluding hydrogens is 292 g/mol. The fraction of sp³-hybridized carbons (Fsp3) is 0.316. The van der Waals surface area contributed by atoms with Crippen LogP contribution < -0.4 is 14.2 Å². The van der Waals surface area contributed by atoms with Gasteiger partial charge in [-0.1, -0.05) is 12.1 Å². The quantitative estimate of drug-likeness (QED) is 0.859. The van der Waals surface area contributed by atoms with Crippen molar-refractivity contribution >= 4 is 5.78 Å². The summed E-state index contributed by atoms with van der Waals surface area (Å²) in [6.45, 7) is 0. The normalized spacial score (nSPS) is 13.4. The number of carbonyl (C=O) groups excluding carboxylic acids is 1. The maximum Gasteiger partial charge on any atom is 0.203 e. The van der Waals surface area contributed by atoms with Crippen LogP contribution in [-0.2, 0) is 6.42 Å². The maximum atomic E-state index is 12.2. The molecule has 0 bridgehead atoms. The molecule has 0 heterocycles. The molecule has 2 aromatic carbocycles. The summed E-state index contributed by atoms with van der Waals surface area (Å²) in [5.41, 5.74) is 3.78. The molecule has 0 saturated heterocycles. The number of hydrogen-bond donors (Lipinski definition) is 0. The van der Waals surface area contributed by atoms with E-state index in [1.165, 1.54) is 0 Å². The molecule has 0 amide bonds. The van der Waals surface area contributed by atoms with Gasteiger partial charge in [0.15, 0.2) is 17.3 Å². The smallest absolute Gasteiger partial charge is 0.203 e. The van der Waals surface area contributed by atoms with E-state index < -0.39 is 0 Å². The van der Waals surface area contributed by atoms with Gasteiger partial charge in [-0.05, 0) is 42.2 Å². The van der Waals surface area contributed by atoms with Crippen molar-refractivity contribution in [1.82, 2.24) is 0 Å². The summed E-state index contributed by atoms with van der Waals surface area (Å²) in [4.78, 5) is 12.2. The summed E-state index contributed by atoms with van der Waals surface area (Å²) in [5.74, 6) is 1.99. The summed E-state index contributed by atoms with van der Waals surface area (Å²) in [6.07, 6.45) is 2.52. The van der Waals surface area contributed by atoms with Gasteiger partial charge in [-0.2, -0.15) is 0 Å². The molecule has 0 unspecified atom stereocenters. The number of ketones is 1. The first-order valence-corrected chi connectivity index (χ1v) is 7.65. The zero-order chi connectivity index (χ0) is 16.4. The molecule has 4 nitrogen and oxygen atoms in total. The zero-order valence-electron chi connectivity index (χ0n) is 13.6. The van der Waals surface area contributed by atoms with Gasteiger partial charge in [0.05, 0.1) is 21.3 Å². The van der Waals surface area contributed by atoms with Gasteiger partial charge < -0.3 is 14.2 Å². The number of benzene rings is 2. The van der Waals surface area contributed by atoms with Crippen molar-refractivity contribution in [3.05, 3.63) is 41.5 Å². The standard InChI is InChI=1S/C19H20O4/c1-21-17-10-9-14(18(22-2)19(17)23-3)13-8-7-12-5-4-6-16(20)15(12)11-13/h7-11H,4-6H2,1-3H3. The Bertz CT molecular complexity index is 749. The first kappa shape index (κ1) is 15.4. The van der Waals surface area contributed by atoms with Gasteiger partial charge in [0.25, 0.3) is 0 Å². The van der Waals surface area contributed by atoms with Crippen molar-refractivity contribution in [3.8, 4) is 28.4 Å². The number of carbonyl (C=O) groups is 1. The van der Waals surface area contributed by atoms with E-state index >= 15 is 0 Å². The Morgan fingerprint density at radius 3 is 2.30 bits per heavy atom. The second kappa shape index (κ2) is 6.32. The van der Waals surface area contributed by atoms with Crippen LogP contribution in [0.2, 0.25) is 0 Å². The number of fused-ring (bicyclic) bond motifs is 1. The predicted octanol–water partition coefficient (Wildman–Crippen LogP) is 3.90. The Morgan fingerprint density at radius 2 is 1.61 bits per heavy atom. The lowest BCUT2D eigenvalue weighted by Gasteiger charge is -2.18. The van der Waals surface area contributed by atoms with Crippen molar-refractivity contribution in [3.63, 3.8) is 0 Å². The first-order chi connectivity index (χ1) is 11.2. The number of ether oxygens (including phenoxy) is 3. The molecular formula is C19H20O4. The predicted molar refractivity (Wildman–Crippen MR) is 88.8 cm³/mol. The summed E-state index contributed by atoms with van der Waals surface area (Å²) in [6, 6.07) is 9.80. The molecule has 0 spiro atoms. The van der Waals surface area contributed by atoms with Crippen molar-refractivity contribution in [2.24, 2.45) is 0 Å². The average molecular weight is 312 g/mol. The van der Waals surface area contributed by atoms with Crippen LogP contribution in [0.1, 0.15) is 28.8 Å². The van der Waals surface area contributed by atoms with Crippen LogP contribution in [0, 0.1) is 0 Å². The van der Waals surface area contributed by atoms with Crippen LogP contribution in [0.4, 0.5) is 0 Å². The molecule has 0 aromatic heterocycles. The molecule has 0 atom stereocenters. The van der Waals surface area contributed by atoms with Crippen LogP contribution in [0.3, 0.4) is 0 Å². The van der Waals surface area contributed by atoms with Crippen molar-refractivity contribution in [2.75, 3.05) is 21.3 Å². The van der Waals surface area contributed by atoms with Gasteiger partial charge in [0, 0.05) is 17.5 Å². The highest BCUT2D eigenvalue weighted by Crippen LogP contribution is 2.44. The zero-order valence-corrected chi connectivity index (χ0v) is 13.6. The fourth-order valence-electron chi connectivity index (χ4n) is 3.12. The second-order valence-electron chi connectivity index (χ2n) is 5.53. The van der Waals surface area contributed by atoms with Crippen LogP contribution in [-0.4, -0.2) is 27.1 Å². The van der Waals surface area contributed by atoms with E-state index in [0.717, 1.165) is 35.1 Å². The number of rotatable bonds is 4. The molecule has 1 aliphatic rings. The molecule has 23 heavy (non-hydrogen) atoms. The topological polar surface area (TPSA) is 44.8 Å². The van der Waals surface area contributed by atoms with E-state index in [0.29, 0.717) is 23.7 Å². The molecule has 0 aliphatic heterocycles. The molecule has 0 radical (unpaired) electrons. The third kappa shape index (κ3) is 2.65. The minimum absolute atomic E-state index is 0.215. The van der Waals surface area contributed by atoms with Gasteiger partial charge in [0.2, 0.25) is 5.75 Å². The van der Waals surface area contributed by atoms with Crippen LogP contribution in [0.25, 0.3) is 11.1 Å². The highest BCUT2D eigenvalue weighted by Gasteiger charge is 2.21. The number of Topliss-reactive ketones (excluding diaryl/α,β-unsaturated/α-hetero) is 1. The van der Waals surface area contributed by atoms with Crippen LogP contribution >= 0.6 is 0 Å². The molecule has 1 aliphatic carbocycles.